The van der Waals surface area contributed by atoms with E-state index in [0.717, 1.165) is 5.56 Å². The van der Waals surface area contributed by atoms with Gasteiger partial charge in [-0.2, -0.15) is 0 Å². The second-order valence-electron chi connectivity index (χ2n) is 3.02. The molecule has 17 heavy (non-hydrogen) atoms. The average Bonchev–Trinajstić information content (AvgIpc) is 2.36. The highest BCUT2D eigenvalue weighted by molar-refractivity contribution is 6.17. The highest BCUT2D eigenvalue weighted by Crippen LogP contribution is 2.27. The minimum atomic E-state index is -0.491. The van der Waals surface area contributed by atoms with Crippen molar-refractivity contribution in [2.45, 2.75) is 0 Å². The predicted octanol–water partition coefficient (Wildman–Crippen LogP) is 2.46. The minimum Gasteiger partial charge on any atom is -0.493 e. The number of ether oxygens (including phenoxy) is 3. The molecular formula is C12H13ClO4. The van der Waals surface area contributed by atoms with E-state index in [1.165, 1.54) is 6.08 Å². The van der Waals surface area contributed by atoms with Crippen molar-refractivity contribution in [2.24, 2.45) is 0 Å². The van der Waals surface area contributed by atoms with Crippen molar-refractivity contribution in [3.8, 4) is 11.5 Å². The van der Waals surface area contributed by atoms with E-state index in [0.29, 0.717) is 11.5 Å². The van der Waals surface area contributed by atoms with Crippen LogP contribution in [0.25, 0.3) is 6.08 Å². The molecule has 0 aromatic heterocycles. The van der Waals surface area contributed by atoms with E-state index in [9.17, 15) is 4.79 Å². The first-order valence-electron chi connectivity index (χ1n) is 4.84. The number of halogens is 1. The van der Waals surface area contributed by atoms with Crippen molar-refractivity contribution < 1.29 is 19.0 Å². The number of esters is 1. The number of benzene rings is 1. The van der Waals surface area contributed by atoms with Gasteiger partial charge in [0.1, 0.15) is 0 Å². The quantitative estimate of drug-likeness (QED) is 0.461. The van der Waals surface area contributed by atoms with Gasteiger partial charge in [-0.05, 0) is 23.8 Å². The first kappa shape index (κ1) is 13.4. The maximum Gasteiger partial charge on any atom is 0.331 e. The van der Waals surface area contributed by atoms with Crippen LogP contribution < -0.4 is 9.47 Å². The van der Waals surface area contributed by atoms with Gasteiger partial charge in [0.2, 0.25) is 0 Å². The Kier molecular flexibility index (Phi) is 5.36. The van der Waals surface area contributed by atoms with Crippen LogP contribution >= 0.6 is 11.6 Å². The summed E-state index contributed by atoms with van der Waals surface area (Å²) < 4.78 is 14.8. The summed E-state index contributed by atoms with van der Waals surface area (Å²) in [5.74, 6) is 0.739. The fraction of sp³-hybridized carbons (Fsp3) is 0.250. The van der Waals surface area contributed by atoms with Crippen molar-refractivity contribution >= 4 is 23.6 Å². The zero-order chi connectivity index (χ0) is 12.7. The minimum absolute atomic E-state index is 0.158. The molecule has 0 aliphatic heterocycles. The van der Waals surface area contributed by atoms with Gasteiger partial charge in [-0.15, -0.1) is 0 Å². The molecule has 92 valence electrons. The SMILES string of the molecule is COc1ccc(C=CC(=O)OCCl)cc1OC. The van der Waals surface area contributed by atoms with E-state index in [4.69, 9.17) is 21.1 Å². The van der Waals surface area contributed by atoms with Gasteiger partial charge in [0, 0.05) is 6.08 Å². The third kappa shape index (κ3) is 4.00. The summed E-state index contributed by atoms with van der Waals surface area (Å²) in [4.78, 5) is 11.0. The fourth-order valence-electron chi connectivity index (χ4n) is 1.22. The van der Waals surface area contributed by atoms with Crippen LogP contribution in [0.3, 0.4) is 0 Å². The van der Waals surface area contributed by atoms with Crippen molar-refractivity contribution in [1.82, 2.24) is 0 Å². The van der Waals surface area contributed by atoms with Crippen LogP contribution in [-0.2, 0) is 9.53 Å². The van der Waals surface area contributed by atoms with E-state index >= 15 is 0 Å². The Morgan fingerprint density at radius 1 is 1.29 bits per heavy atom. The molecule has 0 fully saturated rings. The highest BCUT2D eigenvalue weighted by atomic mass is 35.5. The van der Waals surface area contributed by atoms with Crippen LogP contribution in [0.4, 0.5) is 0 Å². The third-order valence-corrected chi connectivity index (χ3v) is 2.13. The number of carbonyl (C=O) groups excluding carboxylic acids is 1. The second kappa shape index (κ2) is 6.81. The van der Waals surface area contributed by atoms with Gasteiger partial charge in [-0.3, -0.25) is 0 Å². The van der Waals surface area contributed by atoms with Gasteiger partial charge in [0.25, 0.3) is 0 Å². The Bertz CT molecular complexity index is 415. The first-order chi connectivity index (χ1) is 8.21. The van der Waals surface area contributed by atoms with E-state index < -0.39 is 5.97 Å². The molecule has 0 aliphatic carbocycles. The Balaban J connectivity index is 2.82. The van der Waals surface area contributed by atoms with Crippen molar-refractivity contribution in [3.63, 3.8) is 0 Å². The lowest BCUT2D eigenvalue weighted by Crippen LogP contribution is -1.97. The number of hydrogen-bond acceptors (Lipinski definition) is 4. The van der Waals surface area contributed by atoms with Gasteiger partial charge in [0.15, 0.2) is 17.6 Å². The normalized spacial score (nSPS) is 10.3. The zero-order valence-corrected chi connectivity index (χ0v) is 10.4. The third-order valence-electron chi connectivity index (χ3n) is 2.02. The second-order valence-corrected chi connectivity index (χ2v) is 3.24. The molecule has 1 aromatic carbocycles. The first-order valence-corrected chi connectivity index (χ1v) is 5.37. The van der Waals surface area contributed by atoms with Gasteiger partial charge >= 0.3 is 5.97 Å². The fourth-order valence-corrected chi connectivity index (χ4v) is 1.33. The van der Waals surface area contributed by atoms with Gasteiger partial charge in [-0.25, -0.2) is 4.79 Å². The van der Waals surface area contributed by atoms with Gasteiger partial charge in [0.05, 0.1) is 14.2 Å². The molecule has 1 aromatic rings. The van der Waals surface area contributed by atoms with Crippen LogP contribution in [0, 0.1) is 0 Å². The lowest BCUT2D eigenvalue weighted by atomic mass is 10.2. The number of rotatable bonds is 5. The predicted molar refractivity (Wildman–Crippen MR) is 65.4 cm³/mol. The van der Waals surface area contributed by atoms with Gasteiger partial charge < -0.3 is 14.2 Å². The molecule has 0 atom stereocenters. The molecule has 0 N–H and O–H groups in total. The molecule has 0 amide bonds. The number of hydrogen-bond donors (Lipinski definition) is 0. The summed E-state index contributed by atoms with van der Waals surface area (Å²) in [6.45, 7) is 0. The van der Waals surface area contributed by atoms with Crippen LogP contribution in [0.2, 0.25) is 0 Å². The van der Waals surface area contributed by atoms with Crippen molar-refractivity contribution in [1.29, 1.82) is 0 Å². The molecular weight excluding hydrogens is 244 g/mol. The summed E-state index contributed by atoms with van der Waals surface area (Å²) in [5.41, 5.74) is 0.800. The Morgan fingerprint density at radius 2 is 2.00 bits per heavy atom. The monoisotopic (exact) mass is 256 g/mol. The van der Waals surface area contributed by atoms with Crippen molar-refractivity contribution in [2.75, 3.05) is 20.3 Å². The molecule has 0 bridgehead atoms. The zero-order valence-electron chi connectivity index (χ0n) is 9.60. The van der Waals surface area contributed by atoms with Crippen LogP contribution in [0.5, 0.6) is 11.5 Å². The van der Waals surface area contributed by atoms with Crippen LogP contribution in [-0.4, -0.2) is 26.3 Å². The molecule has 5 heteroatoms. The van der Waals surface area contributed by atoms with Crippen molar-refractivity contribution in [3.05, 3.63) is 29.8 Å². The number of methoxy groups -OCH3 is 2. The highest BCUT2D eigenvalue weighted by Gasteiger charge is 2.03. The summed E-state index contributed by atoms with van der Waals surface area (Å²) >= 11 is 5.25. The lowest BCUT2D eigenvalue weighted by molar-refractivity contribution is -0.135. The van der Waals surface area contributed by atoms with Crippen LogP contribution in [0.15, 0.2) is 24.3 Å². The number of alkyl halides is 1. The van der Waals surface area contributed by atoms with E-state index in [1.807, 2.05) is 0 Å². The average molecular weight is 257 g/mol. The smallest absolute Gasteiger partial charge is 0.331 e. The molecule has 0 unspecified atom stereocenters. The summed E-state index contributed by atoms with van der Waals surface area (Å²) in [6, 6.07) is 5.15. The molecule has 4 nitrogen and oxygen atoms in total. The maximum atomic E-state index is 11.0. The van der Waals surface area contributed by atoms with Crippen LogP contribution in [0.1, 0.15) is 5.56 Å². The molecule has 0 spiro atoms. The molecule has 0 saturated heterocycles. The Labute approximate surface area is 105 Å². The summed E-state index contributed by atoms with van der Waals surface area (Å²) in [6.07, 6.45) is 2.90. The lowest BCUT2D eigenvalue weighted by Gasteiger charge is -2.07. The van der Waals surface area contributed by atoms with E-state index in [2.05, 4.69) is 4.74 Å². The molecule has 0 aliphatic rings. The largest absolute Gasteiger partial charge is 0.493 e. The Hall–Kier alpha value is -1.68. The molecule has 1 rings (SSSR count). The maximum absolute atomic E-state index is 11.0. The van der Waals surface area contributed by atoms with E-state index in [-0.39, 0.29) is 6.07 Å². The Morgan fingerprint density at radius 3 is 2.59 bits per heavy atom. The molecule has 0 radical (unpaired) electrons. The summed E-state index contributed by atoms with van der Waals surface area (Å²) in [7, 11) is 3.11. The number of carbonyl (C=O) groups is 1. The molecule has 0 saturated carbocycles. The van der Waals surface area contributed by atoms with E-state index in [1.54, 1.807) is 38.5 Å². The standard InChI is InChI=1S/C12H13ClO4/c1-15-10-5-3-9(7-11(10)16-2)4-6-12(14)17-8-13/h3-7H,8H2,1-2H3. The topological polar surface area (TPSA) is 44.8 Å². The molecule has 0 heterocycles. The summed E-state index contributed by atoms with van der Waals surface area (Å²) in [5, 5.41) is 0. The van der Waals surface area contributed by atoms with Gasteiger partial charge in [-0.1, -0.05) is 17.7 Å².